The molecule has 2 atom stereocenters. The third-order valence-corrected chi connectivity index (χ3v) is 9.10. The number of carbonyl (C=O) groups excluding carboxylic acids is 2. The van der Waals surface area contributed by atoms with Crippen molar-refractivity contribution >= 4 is 35.0 Å². The lowest BCUT2D eigenvalue weighted by Crippen LogP contribution is -2.56. The number of amides is 1. The molecule has 2 fully saturated rings. The second kappa shape index (κ2) is 10.2. The number of ether oxygens (including phenoxy) is 1. The van der Waals surface area contributed by atoms with Crippen molar-refractivity contribution in [2.75, 3.05) is 20.2 Å². The number of methoxy groups -OCH3 is 1. The molecule has 1 aliphatic heterocycles. The predicted molar refractivity (Wildman–Crippen MR) is 141 cm³/mol. The lowest BCUT2D eigenvalue weighted by Gasteiger charge is -2.40. The second-order valence-corrected chi connectivity index (χ2v) is 11.5. The summed E-state index contributed by atoms with van der Waals surface area (Å²) in [6.45, 7) is 1.12. The van der Waals surface area contributed by atoms with Crippen LogP contribution in [0.15, 0.2) is 18.2 Å². The van der Waals surface area contributed by atoms with Crippen molar-refractivity contribution in [1.29, 1.82) is 0 Å². The molecule has 1 saturated heterocycles. The molecule has 1 N–H and O–H groups in total. The number of nitrogens with zero attached hydrogens (tertiary/aromatic N) is 3. The Balaban J connectivity index is 1.39. The average Bonchev–Trinajstić information content (AvgIpc) is 3.69. The van der Waals surface area contributed by atoms with Gasteiger partial charge >= 0.3 is 5.97 Å². The van der Waals surface area contributed by atoms with Crippen molar-refractivity contribution in [3.05, 3.63) is 57.1 Å². The van der Waals surface area contributed by atoms with Crippen molar-refractivity contribution in [2.45, 2.75) is 63.4 Å². The number of allylic oxidation sites excluding steroid dienone is 2. The zero-order valence-corrected chi connectivity index (χ0v) is 22.5. The maximum Gasteiger partial charge on any atom is 0.306 e. The number of carboxylic acid groups (broad SMARTS) is 1. The Morgan fingerprint density at radius 3 is 2.49 bits per heavy atom. The Labute approximate surface area is 230 Å². The van der Waals surface area contributed by atoms with Gasteiger partial charge in [-0.25, -0.2) is 4.39 Å². The lowest BCUT2D eigenvalue weighted by molar-refractivity contribution is -0.147. The number of likely N-dealkylation sites (tertiary alicyclic amines) is 1. The fourth-order valence-corrected chi connectivity index (χ4v) is 6.42. The van der Waals surface area contributed by atoms with E-state index in [1.54, 1.807) is 18.1 Å². The molecule has 1 aromatic carbocycles. The van der Waals surface area contributed by atoms with Crippen LogP contribution in [0.25, 0.3) is 5.57 Å². The van der Waals surface area contributed by atoms with Crippen LogP contribution in [0.2, 0.25) is 5.02 Å². The van der Waals surface area contributed by atoms with Crippen LogP contribution in [0.1, 0.15) is 77.3 Å². The molecule has 0 radical (unpaired) electrons. The number of aromatic nitrogens is 2. The van der Waals surface area contributed by atoms with Crippen molar-refractivity contribution in [1.82, 2.24) is 14.7 Å². The highest BCUT2D eigenvalue weighted by molar-refractivity contribution is 6.34. The van der Waals surface area contributed by atoms with Gasteiger partial charge in [0.15, 0.2) is 0 Å². The summed E-state index contributed by atoms with van der Waals surface area (Å²) in [4.78, 5) is 40.6. The number of aliphatic carboxylic acids is 1. The van der Waals surface area contributed by atoms with Crippen LogP contribution in [0, 0.1) is 17.7 Å². The van der Waals surface area contributed by atoms with Crippen molar-refractivity contribution < 1.29 is 28.6 Å². The summed E-state index contributed by atoms with van der Waals surface area (Å²) >= 11 is 6.40. The molecule has 2 unspecified atom stereocenters. The maximum absolute atomic E-state index is 14.6. The predicted octanol–water partition coefficient (Wildman–Crippen LogP) is 4.47. The molecular formula is C29H31ClFN3O5. The molecule has 1 saturated carbocycles. The number of carbonyl (C=O) groups is 3. The fraction of sp³-hybridized carbons (Fsp3) is 0.517. The summed E-state index contributed by atoms with van der Waals surface area (Å²) in [5.74, 6) is -2.48. The van der Waals surface area contributed by atoms with Crippen LogP contribution >= 0.6 is 11.6 Å². The van der Waals surface area contributed by atoms with Crippen LogP contribution in [0.4, 0.5) is 4.39 Å². The van der Waals surface area contributed by atoms with Gasteiger partial charge in [-0.05, 0) is 68.1 Å². The molecule has 1 aromatic heterocycles. The van der Waals surface area contributed by atoms with Gasteiger partial charge in [0, 0.05) is 38.1 Å². The average molecular weight is 556 g/mol. The van der Waals surface area contributed by atoms with E-state index in [-0.39, 0.29) is 34.4 Å². The van der Waals surface area contributed by atoms with Gasteiger partial charge in [0.1, 0.15) is 5.82 Å². The number of carboxylic acids is 1. The number of hydrogen-bond donors (Lipinski definition) is 1. The van der Waals surface area contributed by atoms with Gasteiger partial charge in [-0.2, -0.15) is 9.78 Å². The minimum atomic E-state index is -0.815. The van der Waals surface area contributed by atoms with Gasteiger partial charge in [0.2, 0.25) is 5.91 Å². The molecule has 1 amide bonds. The Bertz CT molecular complexity index is 1390. The Hall–Kier alpha value is -3.04. The Kier molecular flexibility index (Phi) is 6.83. The van der Waals surface area contributed by atoms with Crippen molar-refractivity contribution in [3.63, 3.8) is 0 Å². The van der Waals surface area contributed by atoms with E-state index in [9.17, 15) is 23.9 Å². The molecule has 6 rings (SSSR count). The van der Waals surface area contributed by atoms with Gasteiger partial charge in [-0.3, -0.25) is 14.4 Å². The van der Waals surface area contributed by atoms with E-state index in [1.807, 2.05) is 6.08 Å². The molecule has 0 bridgehead atoms. The lowest BCUT2D eigenvalue weighted by atomic mass is 9.82. The number of hydrogen-bond acceptors (Lipinski definition) is 5. The molecular weight excluding hydrogens is 525 g/mol. The summed E-state index contributed by atoms with van der Waals surface area (Å²) < 4.78 is 21.2. The zero-order valence-electron chi connectivity index (χ0n) is 21.8. The summed E-state index contributed by atoms with van der Waals surface area (Å²) in [6.07, 6.45) is 6.77. The van der Waals surface area contributed by atoms with E-state index in [0.717, 1.165) is 29.5 Å². The topological polar surface area (TPSA) is 102 Å². The SMILES string of the molecule is COC1CN(C(=O)C2CCc3c(C4=CCC(C(=O)O)CC4)nn(C(=O)c4c(C5CC5)ccc(F)c4Cl)c3C2)C1. The molecule has 39 heavy (non-hydrogen) atoms. The maximum atomic E-state index is 14.6. The molecule has 8 nitrogen and oxygen atoms in total. The normalized spacial score (nSPS) is 23.2. The first-order valence-corrected chi connectivity index (χ1v) is 14.0. The van der Waals surface area contributed by atoms with E-state index in [1.165, 1.54) is 10.7 Å². The van der Waals surface area contributed by atoms with Gasteiger partial charge in [0.25, 0.3) is 5.91 Å². The zero-order chi connectivity index (χ0) is 27.4. The van der Waals surface area contributed by atoms with Gasteiger partial charge in [-0.15, -0.1) is 0 Å². The Morgan fingerprint density at radius 2 is 1.85 bits per heavy atom. The molecule has 0 spiro atoms. The van der Waals surface area contributed by atoms with Crippen LogP contribution in [0.3, 0.4) is 0 Å². The van der Waals surface area contributed by atoms with Gasteiger partial charge < -0.3 is 14.7 Å². The smallest absolute Gasteiger partial charge is 0.306 e. The fourth-order valence-electron chi connectivity index (χ4n) is 6.17. The molecule has 206 valence electrons. The second-order valence-electron chi connectivity index (χ2n) is 11.2. The third-order valence-electron chi connectivity index (χ3n) is 8.73. The standard InChI is InChI=1S/C29H31ClFN3O5/c1-39-19-13-33(14-19)27(35)18-8-9-21-23(12-18)34(32-26(21)16-4-6-17(7-5-16)29(37)38)28(36)24-20(15-2-3-15)10-11-22(31)25(24)30/h4,10-11,15,17-19H,2-3,5-9,12-14H2,1H3,(H,37,38). The van der Waals surface area contributed by atoms with Crippen LogP contribution in [-0.4, -0.2) is 63.9 Å². The number of halogens is 2. The van der Waals surface area contributed by atoms with E-state index >= 15 is 0 Å². The first-order valence-electron chi connectivity index (χ1n) is 13.6. The summed E-state index contributed by atoms with van der Waals surface area (Å²) in [5, 5.41) is 14.0. The van der Waals surface area contributed by atoms with Crippen molar-refractivity contribution in [3.8, 4) is 0 Å². The van der Waals surface area contributed by atoms with E-state index in [0.29, 0.717) is 63.0 Å². The van der Waals surface area contributed by atoms with E-state index < -0.39 is 23.6 Å². The minimum Gasteiger partial charge on any atom is -0.481 e. The minimum absolute atomic E-state index is 0.0411. The number of fused-ring (bicyclic) bond motifs is 1. The first-order chi connectivity index (χ1) is 18.8. The highest BCUT2D eigenvalue weighted by Crippen LogP contribution is 2.44. The van der Waals surface area contributed by atoms with Crippen molar-refractivity contribution in [2.24, 2.45) is 11.8 Å². The molecule has 3 aliphatic carbocycles. The third kappa shape index (κ3) is 4.69. The van der Waals surface area contributed by atoms with Crippen LogP contribution in [0.5, 0.6) is 0 Å². The summed E-state index contributed by atoms with van der Waals surface area (Å²) in [5.41, 5.74) is 4.03. The largest absolute Gasteiger partial charge is 0.481 e. The summed E-state index contributed by atoms with van der Waals surface area (Å²) in [7, 11) is 1.64. The monoisotopic (exact) mass is 555 g/mol. The molecule has 4 aliphatic rings. The summed E-state index contributed by atoms with van der Waals surface area (Å²) in [6, 6.07) is 2.94. The van der Waals surface area contributed by atoms with Crippen LogP contribution in [-0.2, 0) is 27.2 Å². The first kappa shape index (κ1) is 26.2. The highest BCUT2D eigenvalue weighted by Gasteiger charge is 2.40. The van der Waals surface area contributed by atoms with E-state index in [2.05, 4.69) is 0 Å². The number of rotatable bonds is 6. The quantitative estimate of drug-likeness (QED) is 0.564. The molecule has 10 heteroatoms. The molecule has 2 aromatic rings. The Morgan fingerprint density at radius 1 is 1.10 bits per heavy atom. The van der Waals surface area contributed by atoms with E-state index in [4.69, 9.17) is 21.4 Å². The highest BCUT2D eigenvalue weighted by atomic mass is 35.5. The van der Waals surface area contributed by atoms with Gasteiger partial charge in [0.05, 0.1) is 34.0 Å². The number of benzene rings is 1. The molecule has 2 heterocycles. The van der Waals surface area contributed by atoms with Gasteiger partial charge in [-0.1, -0.05) is 23.7 Å². The van der Waals surface area contributed by atoms with Crippen LogP contribution < -0.4 is 0 Å².